The molecule has 0 heterocycles. The maximum absolute atomic E-state index is 13.0. The average molecular weight is 241 g/mol. The van der Waals surface area contributed by atoms with Gasteiger partial charge in [0.15, 0.2) is 11.6 Å². The summed E-state index contributed by atoms with van der Waals surface area (Å²) in [4.78, 5) is 1.92. The van der Waals surface area contributed by atoms with Gasteiger partial charge in [-0.2, -0.15) is 0 Å². The molecule has 3 nitrogen and oxygen atoms in total. The molecular weight excluding hydrogens is 224 g/mol. The van der Waals surface area contributed by atoms with E-state index in [1.54, 1.807) is 6.07 Å². The third-order valence-corrected chi connectivity index (χ3v) is 2.55. The highest BCUT2D eigenvalue weighted by Gasteiger charge is 2.10. The summed E-state index contributed by atoms with van der Waals surface area (Å²) >= 11 is 0. The standard InChI is InChI=1S/C12H17F2N3/c1-8(12(15)16)6-17(2)7-9-3-4-10(13)11(14)5-9/h3-5,8H,6-7H2,1-2H3,(H3,15,16). The molecule has 0 aromatic heterocycles. The van der Waals surface area contributed by atoms with Crippen LogP contribution < -0.4 is 5.73 Å². The predicted octanol–water partition coefficient (Wildman–Crippen LogP) is 1.97. The number of nitrogens with zero attached hydrogens (tertiary/aromatic N) is 1. The Morgan fingerprint density at radius 1 is 1.41 bits per heavy atom. The fourth-order valence-corrected chi connectivity index (χ4v) is 1.58. The van der Waals surface area contributed by atoms with Crippen LogP contribution in [0.15, 0.2) is 18.2 Å². The van der Waals surface area contributed by atoms with Crippen LogP contribution in [-0.4, -0.2) is 24.3 Å². The van der Waals surface area contributed by atoms with E-state index in [1.165, 1.54) is 6.07 Å². The van der Waals surface area contributed by atoms with Gasteiger partial charge >= 0.3 is 0 Å². The first kappa shape index (κ1) is 13.6. The van der Waals surface area contributed by atoms with Gasteiger partial charge < -0.3 is 10.6 Å². The topological polar surface area (TPSA) is 53.1 Å². The quantitative estimate of drug-likeness (QED) is 0.611. The van der Waals surface area contributed by atoms with E-state index >= 15 is 0 Å². The summed E-state index contributed by atoms with van der Waals surface area (Å²) in [5, 5.41) is 7.28. The zero-order valence-electron chi connectivity index (χ0n) is 10.0. The van der Waals surface area contributed by atoms with Gasteiger partial charge in [-0.3, -0.25) is 5.41 Å². The summed E-state index contributed by atoms with van der Waals surface area (Å²) in [6.45, 7) is 2.95. The summed E-state index contributed by atoms with van der Waals surface area (Å²) in [5.41, 5.74) is 6.07. The Bertz CT molecular complexity index is 407. The van der Waals surface area contributed by atoms with Crippen LogP contribution in [0.2, 0.25) is 0 Å². The van der Waals surface area contributed by atoms with Crippen molar-refractivity contribution in [1.29, 1.82) is 5.41 Å². The molecule has 0 bridgehead atoms. The Labute approximate surface area is 99.7 Å². The Kier molecular flexibility index (Phi) is 4.57. The molecule has 0 aliphatic carbocycles. The van der Waals surface area contributed by atoms with E-state index in [9.17, 15) is 8.78 Å². The van der Waals surface area contributed by atoms with Crippen LogP contribution in [0.1, 0.15) is 12.5 Å². The number of nitrogens with two attached hydrogens (primary N) is 1. The molecule has 0 fully saturated rings. The monoisotopic (exact) mass is 241 g/mol. The van der Waals surface area contributed by atoms with Crippen molar-refractivity contribution in [2.75, 3.05) is 13.6 Å². The normalized spacial score (nSPS) is 12.8. The lowest BCUT2D eigenvalue weighted by Gasteiger charge is -2.20. The summed E-state index contributed by atoms with van der Waals surface area (Å²) in [6, 6.07) is 3.85. The van der Waals surface area contributed by atoms with Gasteiger partial charge in [-0.05, 0) is 24.7 Å². The molecule has 94 valence electrons. The molecule has 0 aliphatic rings. The Morgan fingerprint density at radius 2 is 2.06 bits per heavy atom. The zero-order chi connectivity index (χ0) is 13.0. The maximum atomic E-state index is 13.0. The largest absolute Gasteiger partial charge is 0.387 e. The lowest BCUT2D eigenvalue weighted by molar-refractivity contribution is 0.305. The third-order valence-electron chi connectivity index (χ3n) is 2.55. The second kappa shape index (κ2) is 5.72. The van der Waals surface area contributed by atoms with Crippen LogP contribution in [0.25, 0.3) is 0 Å². The van der Waals surface area contributed by atoms with Crippen LogP contribution in [-0.2, 0) is 6.54 Å². The van der Waals surface area contributed by atoms with Crippen molar-refractivity contribution in [3.05, 3.63) is 35.4 Å². The first-order valence-corrected chi connectivity index (χ1v) is 5.36. The molecule has 1 aromatic carbocycles. The van der Waals surface area contributed by atoms with Gasteiger partial charge in [0.25, 0.3) is 0 Å². The van der Waals surface area contributed by atoms with Crippen LogP contribution in [0.5, 0.6) is 0 Å². The fourth-order valence-electron chi connectivity index (χ4n) is 1.58. The van der Waals surface area contributed by atoms with E-state index in [4.69, 9.17) is 11.1 Å². The minimum atomic E-state index is -0.839. The van der Waals surface area contributed by atoms with E-state index in [0.717, 1.165) is 6.07 Å². The second-order valence-corrected chi connectivity index (χ2v) is 4.30. The average Bonchev–Trinajstić information content (AvgIpc) is 2.23. The number of amidine groups is 1. The smallest absolute Gasteiger partial charge is 0.159 e. The van der Waals surface area contributed by atoms with Crippen molar-refractivity contribution >= 4 is 5.84 Å². The minimum Gasteiger partial charge on any atom is -0.387 e. The van der Waals surface area contributed by atoms with Gasteiger partial charge in [0.1, 0.15) is 0 Å². The molecule has 0 saturated carbocycles. The van der Waals surface area contributed by atoms with E-state index in [0.29, 0.717) is 18.7 Å². The van der Waals surface area contributed by atoms with Crippen molar-refractivity contribution in [2.24, 2.45) is 11.7 Å². The number of halogens is 2. The summed E-state index contributed by atoms with van der Waals surface area (Å²) in [6.07, 6.45) is 0. The van der Waals surface area contributed by atoms with E-state index < -0.39 is 11.6 Å². The summed E-state index contributed by atoms with van der Waals surface area (Å²) in [7, 11) is 1.85. The number of rotatable bonds is 5. The van der Waals surface area contributed by atoms with Crippen molar-refractivity contribution in [3.8, 4) is 0 Å². The lowest BCUT2D eigenvalue weighted by atomic mass is 10.1. The molecular formula is C12H17F2N3. The maximum Gasteiger partial charge on any atom is 0.159 e. The highest BCUT2D eigenvalue weighted by Crippen LogP contribution is 2.11. The molecule has 1 atom stereocenters. The van der Waals surface area contributed by atoms with Crippen molar-refractivity contribution in [2.45, 2.75) is 13.5 Å². The van der Waals surface area contributed by atoms with Crippen molar-refractivity contribution in [3.63, 3.8) is 0 Å². The molecule has 0 spiro atoms. The van der Waals surface area contributed by atoms with Crippen molar-refractivity contribution < 1.29 is 8.78 Å². The molecule has 0 aliphatic heterocycles. The first-order chi connectivity index (χ1) is 7.90. The Hall–Kier alpha value is -1.49. The molecule has 1 aromatic rings. The van der Waals surface area contributed by atoms with Crippen LogP contribution in [0.3, 0.4) is 0 Å². The van der Waals surface area contributed by atoms with Crippen LogP contribution in [0, 0.1) is 23.0 Å². The van der Waals surface area contributed by atoms with Gasteiger partial charge in [-0.1, -0.05) is 13.0 Å². The summed E-state index contributed by atoms with van der Waals surface area (Å²) in [5.74, 6) is -1.60. The fraction of sp³-hybridized carbons (Fsp3) is 0.417. The highest BCUT2D eigenvalue weighted by molar-refractivity contribution is 5.79. The first-order valence-electron chi connectivity index (χ1n) is 5.36. The van der Waals surface area contributed by atoms with Crippen LogP contribution >= 0.6 is 0 Å². The molecule has 1 unspecified atom stereocenters. The van der Waals surface area contributed by atoms with E-state index in [-0.39, 0.29) is 11.8 Å². The zero-order valence-corrected chi connectivity index (χ0v) is 10.0. The molecule has 5 heteroatoms. The Balaban J connectivity index is 2.58. The van der Waals surface area contributed by atoms with Gasteiger partial charge in [0.2, 0.25) is 0 Å². The molecule has 0 amide bonds. The number of hydrogen-bond donors (Lipinski definition) is 2. The van der Waals surface area contributed by atoms with Gasteiger partial charge in [-0.15, -0.1) is 0 Å². The van der Waals surface area contributed by atoms with Gasteiger partial charge in [0, 0.05) is 19.0 Å². The SMILES string of the molecule is CC(CN(C)Cc1ccc(F)c(F)c1)C(=N)N. The van der Waals surface area contributed by atoms with Crippen molar-refractivity contribution in [1.82, 2.24) is 4.90 Å². The Morgan fingerprint density at radius 3 is 2.59 bits per heavy atom. The van der Waals surface area contributed by atoms with Gasteiger partial charge in [0.05, 0.1) is 5.84 Å². The predicted molar refractivity (Wildman–Crippen MR) is 63.8 cm³/mol. The third kappa shape index (κ3) is 4.11. The molecule has 3 N–H and O–H groups in total. The molecule has 0 saturated heterocycles. The minimum absolute atomic E-state index is 0.0507. The number of nitrogens with one attached hydrogen (secondary N) is 1. The molecule has 0 radical (unpaired) electrons. The van der Waals surface area contributed by atoms with E-state index in [2.05, 4.69) is 0 Å². The lowest BCUT2D eigenvalue weighted by Crippen LogP contribution is -2.31. The second-order valence-electron chi connectivity index (χ2n) is 4.30. The molecule has 17 heavy (non-hydrogen) atoms. The van der Waals surface area contributed by atoms with E-state index in [1.807, 2.05) is 18.9 Å². The van der Waals surface area contributed by atoms with Gasteiger partial charge in [-0.25, -0.2) is 8.78 Å². The number of benzene rings is 1. The summed E-state index contributed by atoms with van der Waals surface area (Å²) < 4.78 is 25.7. The highest BCUT2D eigenvalue weighted by atomic mass is 19.2. The number of hydrogen-bond acceptors (Lipinski definition) is 2. The molecule has 1 rings (SSSR count). The van der Waals surface area contributed by atoms with Crippen LogP contribution in [0.4, 0.5) is 8.78 Å².